The van der Waals surface area contributed by atoms with Crippen LogP contribution in [0.5, 0.6) is 0 Å². The summed E-state index contributed by atoms with van der Waals surface area (Å²) < 4.78 is 37.8. The molecule has 5 N–H and O–H groups in total. The Kier molecular flexibility index (Phi) is 6.28. The minimum absolute atomic E-state index is 0.134. The Morgan fingerprint density at radius 2 is 2.03 bits per heavy atom. The number of pyridine rings is 1. The fourth-order valence-corrected chi connectivity index (χ4v) is 3.97. The molecule has 1 aliphatic rings. The number of nitrogens with one attached hydrogen (secondary N) is 1. The number of alkyl halides is 3. The Bertz CT molecular complexity index is 1000. The Morgan fingerprint density at radius 1 is 1.27 bits per heavy atom. The number of amides is 3. The highest BCUT2D eigenvalue weighted by Gasteiger charge is 2.32. The van der Waals surface area contributed by atoms with E-state index in [9.17, 15) is 22.8 Å². The summed E-state index contributed by atoms with van der Waals surface area (Å²) in [6.45, 7) is 1.35. The monoisotopic (exact) mass is 437 g/mol. The highest BCUT2D eigenvalue weighted by Crippen LogP contribution is 2.32. The van der Waals surface area contributed by atoms with Crippen LogP contribution in [0.1, 0.15) is 38.6 Å². The molecular formula is C19H18F3N5O2S. The Morgan fingerprint density at radius 3 is 2.57 bits per heavy atom. The van der Waals surface area contributed by atoms with Crippen molar-refractivity contribution in [2.24, 2.45) is 11.5 Å². The topological polar surface area (TPSA) is 114 Å². The number of hydrogen-bond donors (Lipinski definition) is 3. The van der Waals surface area contributed by atoms with E-state index >= 15 is 0 Å². The fourth-order valence-electron chi connectivity index (χ4n) is 3.12. The summed E-state index contributed by atoms with van der Waals surface area (Å²) in [6, 6.07) is 2.63. The van der Waals surface area contributed by atoms with E-state index in [0.717, 1.165) is 36.6 Å². The molecule has 1 aliphatic heterocycles. The number of urea groups is 1. The molecular weight excluding hydrogens is 419 g/mol. The molecule has 3 rings (SSSR count). The van der Waals surface area contributed by atoms with E-state index < -0.39 is 23.8 Å². The van der Waals surface area contributed by atoms with E-state index in [1.54, 1.807) is 0 Å². The van der Waals surface area contributed by atoms with Gasteiger partial charge in [0.05, 0.1) is 16.6 Å². The largest absolute Gasteiger partial charge is 0.433 e. The molecule has 3 amide bonds. The molecule has 0 aliphatic carbocycles. The zero-order chi connectivity index (χ0) is 21.9. The number of anilines is 1. The lowest BCUT2D eigenvalue weighted by molar-refractivity contribution is -0.141. The van der Waals surface area contributed by atoms with E-state index in [-0.39, 0.29) is 22.2 Å². The third kappa shape index (κ3) is 4.90. The zero-order valence-corrected chi connectivity index (χ0v) is 16.4. The van der Waals surface area contributed by atoms with Crippen molar-refractivity contribution in [3.8, 4) is 11.8 Å². The van der Waals surface area contributed by atoms with Crippen LogP contribution in [-0.2, 0) is 6.18 Å². The first-order valence-electron chi connectivity index (χ1n) is 8.95. The van der Waals surface area contributed by atoms with Crippen molar-refractivity contribution in [1.82, 2.24) is 10.3 Å². The number of carbonyl (C=O) groups is 2. The molecule has 3 heterocycles. The summed E-state index contributed by atoms with van der Waals surface area (Å²) in [5, 5.41) is 3.18. The predicted octanol–water partition coefficient (Wildman–Crippen LogP) is 2.30. The van der Waals surface area contributed by atoms with E-state index in [2.05, 4.69) is 22.1 Å². The number of primary amides is 2. The molecule has 0 spiro atoms. The van der Waals surface area contributed by atoms with Gasteiger partial charge in [0.25, 0.3) is 5.91 Å². The fraction of sp³-hybridized carbons (Fsp3) is 0.316. The summed E-state index contributed by atoms with van der Waals surface area (Å²) in [7, 11) is 0. The maximum Gasteiger partial charge on any atom is 0.433 e. The average Bonchev–Trinajstić information content (AvgIpc) is 3.11. The summed E-state index contributed by atoms with van der Waals surface area (Å²) >= 11 is 0.986. The van der Waals surface area contributed by atoms with Gasteiger partial charge in [-0.2, -0.15) is 13.2 Å². The van der Waals surface area contributed by atoms with E-state index in [1.165, 1.54) is 17.0 Å². The maximum atomic E-state index is 12.6. The number of aromatic nitrogens is 1. The average molecular weight is 437 g/mol. The van der Waals surface area contributed by atoms with Crippen LogP contribution < -0.4 is 21.7 Å². The number of nitrogens with two attached hydrogens (primary N) is 2. The highest BCUT2D eigenvalue weighted by atomic mass is 32.1. The number of halogens is 3. The third-order valence-corrected chi connectivity index (χ3v) is 5.51. The molecule has 2 aromatic rings. The minimum Gasteiger partial charge on any atom is -0.365 e. The highest BCUT2D eigenvalue weighted by molar-refractivity contribution is 7.15. The summed E-state index contributed by atoms with van der Waals surface area (Å²) in [4.78, 5) is 29.3. The molecule has 0 bridgehead atoms. The van der Waals surface area contributed by atoms with Gasteiger partial charge in [-0.3, -0.25) is 14.7 Å². The van der Waals surface area contributed by atoms with Crippen LogP contribution in [0.15, 0.2) is 24.4 Å². The van der Waals surface area contributed by atoms with E-state index in [4.69, 9.17) is 11.5 Å². The number of rotatable bonds is 3. The summed E-state index contributed by atoms with van der Waals surface area (Å²) in [5.41, 5.74) is 10.6. The third-order valence-electron chi connectivity index (χ3n) is 4.45. The first-order valence-corrected chi connectivity index (χ1v) is 9.76. The second kappa shape index (κ2) is 8.73. The van der Waals surface area contributed by atoms with Gasteiger partial charge < -0.3 is 16.8 Å². The van der Waals surface area contributed by atoms with Crippen LogP contribution >= 0.6 is 11.3 Å². The Labute approximate surface area is 174 Å². The molecule has 158 valence electrons. The van der Waals surface area contributed by atoms with E-state index in [0.29, 0.717) is 17.8 Å². The number of nitrogens with zero attached hydrogens (tertiary/aromatic N) is 2. The van der Waals surface area contributed by atoms with Crippen molar-refractivity contribution in [2.75, 3.05) is 18.0 Å². The lowest BCUT2D eigenvalue weighted by Crippen LogP contribution is -2.51. The van der Waals surface area contributed by atoms with Crippen molar-refractivity contribution in [3.63, 3.8) is 0 Å². The van der Waals surface area contributed by atoms with Crippen LogP contribution in [-0.4, -0.2) is 36.1 Å². The van der Waals surface area contributed by atoms with Crippen molar-refractivity contribution in [1.29, 1.82) is 0 Å². The number of hydrogen-bond acceptors (Lipinski definition) is 5. The van der Waals surface area contributed by atoms with Crippen molar-refractivity contribution >= 4 is 29.0 Å². The van der Waals surface area contributed by atoms with Crippen LogP contribution in [0.3, 0.4) is 0 Å². The Hall–Kier alpha value is -3.10. The van der Waals surface area contributed by atoms with Gasteiger partial charge in [0, 0.05) is 18.3 Å². The molecule has 1 saturated heterocycles. The van der Waals surface area contributed by atoms with Gasteiger partial charge in [0.15, 0.2) is 0 Å². The molecule has 0 radical (unpaired) electrons. The van der Waals surface area contributed by atoms with Gasteiger partial charge in [-0.15, -0.1) is 11.3 Å². The number of carbonyl (C=O) groups excluding carboxylic acids is 2. The quantitative estimate of drug-likeness (QED) is 0.639. The van der Waals surface area contributed by atoms with Gasteiger partial charge in [-0.25, -0.2) is 4.79 Å². The number of piperidine rings is 1. The van der Waals surface area contributed by atoms with Crippen LogP contribution in [0, 0.1) is 11.8 Å². The van der Waals surface area contributed by atoms with Crippen LogP contribution in [0.25, 0.3) is 0 Å². The second-order valence-corrected chi connectivity index (χ2v) is 7.63. The smallest absolute Gasteiger partial charge is 0.365 e. The van der Waals surface area contributed by atoms with Crippen molar-refractivity contribution < 1.29 is 22.8 Å². The Balaban J connectivity index is 1.92. The zero-order valence-electron chi connectivity index (χ0n) is 15.6. The lowest BCUT2D eigenvalue weighted by Gasteiger charge is -2.33. The van der Waals surface area contributed by atoms with Gasteiger partial charge >= 0.3 is 12.2 Å². The van der Waals surface area contributed by atoms with Crippen molar-refractivity contribution in [2.45, 2.75) is 25.1 Å². The molecule has 1 fully saturated rings. The molecule has 0 saturated carbocycles. The van der Waals surface area contributed by atoms with Crippen molar-refractivity contribution in [3.05, 3.63) is 45.4 Å². The second-order valence-electron chi connectivity index (χ2n) is 6.58. The first-order chi connectivity index (χ1) is 14.2. The molecule has 0 unspecified atom stereocenters. The number of thiophene rings is 1. The molecule has 7 nitrogen and oxygen atoms in total. The molecule has 2 aromatic heterocycles. The maximum absolute atomic E-state index is 12.6. The SMILES string of the molecule is NC(=O)c1sc(C#Cc2ccc(C(F)(F)F)nc2)cc1N(C(N)=O)[C@H]1CCCNC1. The van der Waals surface area contributed by atoms with Gasteiger partial charge in [0.1, 0.15) is 10.6 Å². The van der Waals surface area contributed by atoms with Crippen LogP contribution in [0.2, 0.25) is 0 Å². The van der Waals surface area contributed by atoms with E-state index in [1.807, 2.05) is 0 Å². The molecule has 30 heavy (non-hydrogen) atoms. The predicted molar refractivity (Wildman–Crippen MR) is 106 cm³/mol. The van der Waals surface area contributed by atoms with Crippen LogP contribution in [0.4, 0.5) is 23.7 Å². The van der Waals surface area contributed by atoms with Gasteiger partial charge in [-0.1, -0.05) is 11.8 Å². The minimum atomic E-state index is -4.53. The summed E-state index contributed by atoms with van der Waals surface area (Å²) in [6.07, 6.45) is -1.96. The van der Waals surface area contributed by atoms with Gasteiger partial charge in [-0.05, 0) is 37.6 Å². The molecule has 0 aromatic carbocycles. The normalized spacial score (nSPS) is 16.4. The molecule has 11 heteroatoms. The van der Waals surface area contributed by atoms with Gasteiger partial charge in [0.2, 0.25) is 0 Å². The lowest BCUT2D eigenvalue weighted by atomic mass is 10.1. The first kappa shape index (κ1) is 21.6. The standard InChI is InChI=1S/C19H18F3N5O2S/c20-19(21,22)15-6-4-11(9-26-15)3-5-13-8-14(16(30-13)17(23)28)27(18(24)29)12-2-1-7-25-10-12/h4,6,8-9,12,25H,1-2,7,10H2,(H2,23,28)(H2,24,29)/t12-/m0/s1. The summed E-state index contributed by atoms with van der Waals surface area (Å²) in [5.74, 6) is 4.75. The molecule has 1 atom stereocenters.